The average Bonchev–Trinajstić information content (AvgIpc) is 2.27. The number of hydrogen-bond donors (Lipinski definition) is 0. The molecule has 1 aliphatic rings. The van der Waals surface area contributed by atoms with Crippen LogP contribution < -0.4 is 0 Å². The van der Waals surface area contributed by atoms with E-state index in [0.29, 0.717) is 17.6 Å². The third kappa shape index (κ3) is 4.24. The Bertz CT molecular complexity index is 258. The van der Waals surface area contributed by atoms with Crippen molar-refractivity contribution in [1.82, 2.24) is 0 Å². The highest BCUT2D eigenvalue weighted by atomic mass is 16.7. The molecule has 1 saturated heterocycles. The van der Waals surface area contributed by atoms with Gasteiger partial charge in [-0.3, -0.25) is 0 Å². The monoisotopic (exact) mass is 256 g/mol. The molecule has 108 valence electrons. The third-order valence-electron chi connectivity index (χ3n) is 4.74. The lowest BCUT2D eigenvalue weighted by Crippen LogP contribution is -2.45. The van der Waals surface area contributed by atoms with Crippen LogP contribution in [0.15, 0.2) is 0 Å². The van der Waals surface area contributed by atoms with E-state index in [0.717, 1.165) is 19.3 Å². The Morgan fingerprint density at radius 2 is 1.61 bits per heavy atom. The van der Waals surface area contributed by atoms with E-state index in [1.54, 1.807) is 0 Å². The summed E-state index contributed by atoms with van der Waals surface area (Å²) in [6, 6.07) is 0. The molecule has 0 aromatic rings. The van der Waals surface area contributed by atoms with E-state index < -0.39 is 0 Å². The van der Waals surface area contributed by atoms with Gasteiger partial charge in [-0.1, -0.05) is 48.0 Å². The van der Waals surface area contributed by atoms with Crippen LogP contribution in [0.1, 0.15) is 74.1 Å². The molecule has 0 aromatic heterocycles. The maximum absolute atomic E-state index is 6.00. The number of rotatable bonds is 5. The Hall–Kier alpha value is -0.0800. The van der Waals surface area contributed by atoms with E-state index in [1.165, 1.54) is 6.42 Å². The molecular formula is C16H32O2. The Morgan fingerprint density at radius 1 is 1.00 bits per heavy atom. The molecule has 0 aromatic carbocycles. The van der Waals surface area contributed by atoms with Gasteiger partial charge in [-0.25, -0.2) is 0 Å². The molecule has 0 aliphatic carbocycles. The summed E-state index contributed by atoms with van der Waals surface area (Å²) >= 11 is 0. The molecule has 0 spiro atoms. The first-order valence-corrected chi connectivity index (χ1v) is 7.51. The summed E-state index contributed by atoms with van der Waals surface area (Å²) in [5, 5.41) is 0. The molecule has 18 heavy (non-hydrogen) atoms. The highest BCUT2D eigenvalue weighted by Crippen LogP contribution is 2.38. The molecule has 0 radical (unpaired) electrons. The summed E-state index contributed by atoms with van der Waals surface area (Å²) in [6.07, 6.45) is 5.12. The molecule has 1 fully saturated rings. The summed E-state index contributed by atoms with van der Waals surface area (Å²) in [5.41, 5.74) is 0.606. The van der Waals surface area contributed by atoms with Gasteiger partial charge in [-0.15, -0.1) is 0 Å². The van der Waals surface area contributed by atoms with Crippen molar-refractivity contribution in [3.05, 3.63) is 0 Å². The lowest BCUT2D eigenvalue weighted by Gasteiger charge is -2.43. The summed E-state index contributed by atoms with van der Waals surface area (Å²) in [7, 11) is 0. The summed E-state index contributed by atoms with van der Waals surface area (Å²) < 4.78 is 12.0. The zero-order chi connectivity index (χ0) is 14.0. The SMILES string of the molecule is CCC(C)(C)CC1CC(C(C)(C)CC)OC(C)O1. The van der Waals surface area contributed by atoms with Gasteiger partial charge in [-0.05, 0) is 30.6 Å². The van der Waals surface area contributed by atoms with Crippen molar-refractivity contribution in [2.75, 3.05) is 0 Å². The van der Waals surface area contributed by atoms with Gasteiger partial charge in [0.25, 0.3) is 0 Å². The van der Waals surface area contributed by atoms with Crippen LogP contribution in [0.25, 0.3) is 0 Å². The smallest absolute Gasteiger partial charge is 0.155 e. The molecule has 1 aliphatic heterocycles. The predicted molar refractivity (Wildman–Crippen MR) is 76.6 cm³/mol. The van der Waals surface area contributed by atoms with Gasteiger partial charge in [0, 0.05) is 6.42 Å². The van der Waals surface area contributed by atoms with Crippen LogP contribution in [0.2, 0.25) is 0 Å². The van der Waals surface area contributed by atoms with Gasteiger partial charge in [0.05, 0.1) is 12.2 Å². The Kier molecular flexibility index (Phi) is 5.25. The van der Waals surface area contributed by atoms with Crippen molar-refractivity contribution in [3.8, 4) is 0 Å². The van der Waals surface area contributed by atoms with Crippen LogP contribution in [0.3, 0.4) is 0 Å². The number of hydrogen-bond acceptors (Lipinski definition) is 2. The fourth-order valence-corrected chi connectivity index (χ4v) is 2.51. The molecule has 2 heteroatoms. The maximum atomic E-state index is 6.00. The first-order chi connectivity index (χ1) is 8.20. The first kappa shape index (κ1) is 16.0. The van der Waals surface area contributed by atoms with Crippen LogP contribution >= 0.6 is 0 Å². The van der Waals surface area contributed by atoms with Crippen molar-refractivity contribution in [2.45, 2.75) is 92.6 Å². The maximum Gasteiger partial charge on any atom is 0.155 e. The third-order valence-corrected chi connectivity index (χ3v) is 4.74. The summed E-state index contributed by atoms with van der Waals surface area (Å²) in [6.45, 7) is 15.8. The standard InChI is InChI=1S/C16H32O2/c1-8-15(4,5)11-13-10-14(16(6,7)9-2)18-12(3)17-13/h12-14H,8-11H2,1-7H3. The predicted octanol–water partition coefficient (Wildman–Crippen LogP) is 4.77. The van der Waals surface area contributed by atoms with E-state index in [2.05, 4.69) is 41.5 Å². The van der Waals surface area contributed by atoms with Crippen LogP contribution in [-0.2, 0) is 9.47 Å². The zero-order valence-electron chi connectivity index (χ0n) is 13.4. The Morgan fingerprint density at radius 3 is 2.11 bits per heavy atom. The second-order valence-corrected chi connectivity index (χ2v) is 7.25. The average molecular weight is 256 g/mol. The van der Waals surface area contributed by atoms with Gasteiger partial charge < -0.3 is 9.47 Å². The molecular weight excluding hydrogens is 224 g/mol. The van der Waals surface area contributed by atoms with Crippen molar-refractivity contribution in [2.24, 2.45) is 10.8 Å². The van der Waals surface area contributed by atoms with E-state index in [1.807, 2.05) is 6.92 Å². The second-order valence-electron chi connectivity index (χ2n) is 7.25. The van der Waals surface area contributed by atoms with Crippen LogP contribution in [0.5, 0.6) is 0 Å². The van der Waals surface area contributed by atoms with Crippen molar-refractivity contribution in [3.63, 3.8) is 0 Å². The molecule has 0 bridgehead atoms. The molecule has 0 N–H and O–H groups in total. The van der Waals surface area contributed by atoms with Crippen LogP contribution in [-0.4, -0.2) is 18.5 Å². The molecule has 1 rings (SSSR count). The number of ether oxygens (including phenoxy) is 2. The van der Waals surface area contributed by atoms with E-state index in [4.69, 9.17) is 9.47 Å². The van der Waals surface area contributed by atoms with Gasteiger partial charge in [0.2, 0.25) is 0 Å². The Labute approximate surface area is 113 Å². The minimum atomic E-state index is -0.0627. The van der Waals surface area contributed by atoms with Crippen LogP contribution in [0.4, 0.5) is 0 Å². The molecule has 0 amide bonds. The lowest BCUT2D eigenvalue weighted by molar-refractivity contribution is -0.260. The summed E-state index contributed by atoms with van der Waals surface area (Å²) in [5.74, 6) is 0. The van der Waals surface area contributed by atoms with E-state index >= 15 is 0 Å². The van der Waals surface area contributed by atoms with Gasteiger partial charge in [0.1, 0.15) is 0 Å². The Balaban J connectivity index is 2.67. The molecule has 1 heterocycles. The minimum absolute atomic E-state index is 0.0627. The molecule has 2 nitrogen and oxygen atoms in total. The molecule has 3 atom stereocenters. The first-order valence-electron chi connectivity index (χ1n) is 7.51. The second kappa shape index (κ2) is 5.92. The van der Waals surface area contributed by atoms with Crippen molar-refractivity contribution < 1.29 is 9.47 Å². The highest BCUT2D eigenvalue weighted by Gasteiger charge is 2.38. The van der Waals surface area contributed by atoms with Gasteiger partial charge >= 0.3 is 0 Å². The molecule has 0 saturated carbocycles. The fourth-order valence-electron chi connectivity index (χ4n) is 2.51. The zero-order valence-corrected chi connectivity index (χ0v) is 13.4. The molecule has 3 unspecified atom stereocenters. The van der Waals surface area contributed by atoms with Gasteiger partial charge in [0.15, 0.2) is 6.29 Å². The van der Waals surface area contributed by atoms with Crippen molar-refractivity contribution in [1.29, 1.82) is 0 Å². The van der Waals surface area contributed by atoms with E-state index in [9.17, 15) is 0 Å². The van der Waals surface area contributed by atoms with Crippen LogP contribution in [0, 0.1) is 10.8 Å². The normalized spacial score (nSPS) is 30.5. The topological polar surface area (TPSA) is 18.5 Å². The fraction of sp³-hybridized carbons (Fsp3) is 1.00. The highest BCUT2D eigenvalue weighted by molar-refractivity contribution is 4.85. The largest absolute Gasteiger partial charge is 0.350 e. The quantitative estimate of drug-likeness (QED) is 0.705. The van der Waals surface area contributed by atoms with E-state index in [-0.39, 0.29) is 11.7 Å². The minimum Gasteiger partial charge on any atom is -0.350 e. The lowest BCUT2D eigenvalue weighted by atomic mass is 9.77. The van der Waals surface area contributed by atoms with Crippen molar-refractivity contribution >= 4 is 0 Å². The summed E-state index contributed by atoms with van der Waals surface area (Å²) in [4.78, 5) is 0. The van der Waals surface area contributed by atoms with Gasteiger partial charge in [-0.2, -0.15) is 0 Å².